The van der Waals surface area contributed by atoms with Gasteiger partial charge in [0.2, 0.25) is 5.91 Å². The van der Waals surface area contributed by atoms with Crippen molar-refractivity contribution in [1.29, 1.82) is 0 Å². The second-order valence-electron chi connectivity index (χ2n) is 4.40. The van der Waals surface area contributed by atoms with E-state index in [1.54, 1.807) is 19.1 Å². The van der Waals surface area contributed by atoms with Gasteiger partial charge in [0, 0.05) is 5.56 Å². The van der Waals surface area contributed by atoms with Gasteiger partial charge in [-0.1, -0.05) is 6.92 Å². The Balaban J connectivity index is 3.10. The molecule has 1 aromatic rings. The van der Waals surface area contributed by atoms with Crippen LogP contribution in [0.3, 0.4) is 0 Å². The Morgan fingerprint density at radius 2 is 1.76 bits per heavy atom. The van der Waals surface area contributed by atoms with Crippen LogP contribution in [0.15, 0.2) is 12.1 Å². The van der Waals surface area contributed by atoms with Gasteiger partial charge in [0.25, 0.3) is 0 Å². The molecule has 0 bridgehead atoms. The first-order valence-electron chi connectivity index (χ1n) is 5.45. The van der Waals surface area contributed by atoms with E-state index in [0.29, 0.717) is 12.0 Å². The number of primary amides is 1. The largest absolute Gasteiger partial charge is 0.481 e. The number of carboxylic acids is 1. The summed E-state index contributed by atoms with van der Waals surface area (Å²) >= 11 is 0. The average molecular weight is 235 g/mol. The zero-order chi connectivity index (χ0) is 13.2. The highest BCUT2D eigenvalue weighted by Gasteiger charge is 2.15. The second kappa shape index (κ2) is 4.99. The number of carbonyl (C=O) groups is 2. The first kappa shape index (κ1) is 13.2. The molecular weight excluding hydrogens is 218 g/mol. The van der Waals surface area contributed by atoms with Gasteiger partial charge < -0.3 is 10.8 Å². The standard InChI is InChI=1S/C13H17NO3/c1-7-4-10(12(14)15)5-8(2)11(7)6-9(3)13(16)17/h4-5,9H,6H2,1-3H3,(H2,14,15)(H,16,17)/t9-/m0/s1. The van der Waals surface area contributed by atoms with Crippen LogP contribution in [-0.2, 0) is 11.2 Å². The molecule has 1 amide bonds. The van der Waals surface area contributed by atoms with Crippen molar-refractivity contribution in [1.82, 2.24) is 0 Å². The summed E-state index contributed by atoms with van der Waals surface area (Å²) < 4.78 is 0. The first-order chi connectivity index (χ1) is 7.82. The average Bonchev–Trinajstić information content (AvgIpc) is 2.22. The van der Waals surface area contributed by atoms with E-state index in [0.717, 1.165) is 16.7 Å². The monoisotopic (exact) mass is 235 g/mol. The fraction of sp³-hybridized carbons (Fsp3) is 0.385. The highest BCUT2D eigenvalue weighted by molar-refractivity contribution is 5.93. The number of aryl methyl sites for hydroxylation is 2. The molecule has 0 unspecified atom stereocenters. The van der Waals surface area contributed by atoms with Crippen LogP contribution in [-0.4, -0.2) is 17.0 Å². The zero-order valence-electron chi connectivity index (χ0n) is 10.3. The molecule has 0 aliphatic rings. The molecule has 4 heteroatoms. The summed E-state index contributed by atoms with van der Waals surface area (Å²) in [6, 6.07) is 3.42. The van der Waals surface area contributed by atoms with E-state index in [4.69, 9.17) is 10.8 Å². The van der Waals surface area contributed by atoms with Crippen LogP contribution in [0.4, 0.5) is 0 Å². The number of carboxylic acid groups (broad SMARTS) is 1. The number of nitrogens with two attached hydrogens (primary N) is 1. The number of rotatable bonds is 4. The van der Waals surface area contributed by atoms with Gasteiger partial charge >= 0.3 is 5.97 Å². The second-order valence-corrected chi connectivity index (χ2v) is 4.40. The summed E-state index contributed by atoms with van der Waals surface area (Å²) in [5.41, 5.74) is 8.48. The van der Waals surface area contributed by atoms with Crippen LogP contribution in [0.1, 0.15) is 34.0 Å². The molecule has 0 saturated carbocycles. The maximum absolute atomic E-state index is 11.1. The van der Waals surface area contributed by atoms with Gasteiger partial charge in [-0.3, -0.25) is 9.59 Å². The molecular formula is C13H17NO3. The molecule has 92 valence electrons. The van der Waals surface area contributed by atoms with Gasteiger partial charge in [0.15, 0.2) is 0 Å². The Kier molecular flexibility index (Phi) is 3.89. The summed E-state index contributed by atoms with van der Waals surface area (Å²) in [5, 5.41) is 8.89. The van der Waals surface area contributed by atoms with E-state index in [9.17, 15) is 9.59 Å². The van der Waals surface area contributed by atoms with Crippen LogP contribution in [0, 0.1) is 19.8 Å². The van der Waals surface area contributed by atoms with Crippen molar-refractivity contribution in [3.05, 3.63) is 34.4 Å². The Morgan fingerprint density at radius 1 is 1.29 bits per heavy atom. The van der Waals surface area contributed by atoms with Crippen LogP contribution in [0.5, 0.6) is 0 Å². The normalized spacial score (nSPS) is 12.2. The quantitative estimate of drug-likeness (QED) is 0.832. The maximum Gasteiger partial charge on any atom is 0.306 e. The van der Waals surface area contributed by atoms with E-state index >= 15 is 0 Å². The molecule has 17 heavy (non-hydrogen) atoms. The van der Waals surface area contributed by atoms with E-state index < -0.39 is 17.8 Å². The lowest BCUT2D eigenvalue weighted by Crippen LogP contribution is -2.16. The van der Waals surface area contributed by atoms with Crippen molar-refractivity contribution in [2.45, 2.75) is 27.2 Å². The summed E-state index contributed by atoms with van der Waals surface area (Å²) in [6.07, 6.45) is 0.464. The molecule has 1 atom stereocenters. The van der Waals surface area contributed by atoms with Gasteiger partial charge in [-0.2, -0.15) is 0 Å². The van der Waals surface area contributed by atoms with E-state index in [-0.39, 0.29) is 0 Å². The van der Waals surface area contributed by atoms with Crippen LogP contribution in [0.25, 0.3) is 0 Å². The molecule has 4 nitrogen and oxygen atoms in total. The smallest absolute Gasteiger partial charge is 0.306 e. The predicted octanol–water partition coefficient (Wildman–Crippen LogP) is 1.67. The first-order valence-corrected chi connectivity index (χ1v) is 5.45. The van der Waals surface area contributed by atoms with Crippen LogP contribution in [0.2, 0.25) is 0 Å². The molecule has 0 heterocycles. The SMILES string of the molecule is Cc1cc(C(N)=O)cc(C)c1C[C@H](C)C(=O)O. The highest BCUT2D eigenvalue weighted by atomic mass is 16.4. The van der Waals surface area contributed by atoms with Gasteiger partial charge in [-0.15, -0.1) is 0 Å². The predicted molar refractivity (Wildman–Crippen MR) is 64.9 cm³/mol. The lowest BCUT2D eigenvalue weighted by Gasteiger charge is -2.13. The van der Waals surface area contributed by atoms with Gasteiger partial charge in [0.1, 0.15) is 0 Å². The number of hydrogen-bond acceptors (Lipinski definition) is 2. The third-order valence-electron chi connectivity index (χ3n) is 2.91. The third-order valence-corrected chi connectivity index (χ3v) is 2.91. The van der Waals surface area contributed by atoms with Crippen molar-refractivity contribution in [3.63, 3.8) is 0 Å². The summed E-state index contributed by atoms with van der Waals surface area (Å²) in [5.74, 6) is -1.72. The number of amides is 1. The number of carbonyl (C=O) groups excluding carboxylic acids is 1. The van der Waals surface area contributed by atoms with Gasteiger partial charge in [-0.05, 0) is 49.1 Å². The van der Waals surface area contributed by atoms with Crippen molar-refractivity contribution in [3.8, 4) is 0 Å². The third kappa shape index (κ3) is 3.06. The molecule has 0 aliphatic heterocycles. The zero-order valence-corrected chi connectivity index (χ0v) is 10.3. The van der Waals surface area contributed by atoms with Crippen molar-refractivity contribution in [2.24, 2.45) is 11.7 Å². The van der Waals surface area contributed by atoms with Gasteiger partial charge in [0.05, 0.1) is 5.92 Å². The lowest BCUT2D eigenvalue weighted by molar-refractivity contribution is -0.141. The van der Waals surface area contributed by atoms with E-state index in [1.807, 2.05) is 13.8 Å². The molecule has 1 rings (SSSR count). The molecule has 0 aromatic heterocycles. The molecule has 0 aliphatic carbocycles. The van der Waals surface area contributed by atoms with Crippen LogP contribution < -0.4 is 5.73 Å². The molecule has 0 radical (unpaired) electrons. The topological polar surface area (TPSA) is 80.4 Å². The summed E-state index contributed by atoms with van der Waals surface area (Å²) in [7, 11) is 0. The van der Waals surface area contributed by atoms with E-state index in [1.165, 1.54) is 0 Å². The fourth-order valence-electron chi connectivity index (χ4n) is 1.85. The minimum absolute atomic E-state index is 0.438. The lowest BCUT2D eigenvalue weighted by atomic mass is 9.92. The Morgan fingerprint density at radius 3 is 2.12 bits per heavy atom. The maximum atomic E-state index is 11.1. The Hall–Kier alpha value is -1.84. The number of aliphatic carboxylic acids is 1. The molecule has 1 aromatic carbocycles. The van der Waals surface area contributed by atoms with Crippen molar-refractivity contribution >= 4 is 11.9 Å². The minimum atomic E-state index is -0.817. The Bertz CT molecular complexity index is 443. The molecule has 3 N–H and O–H groups in total. The minimum Gasteiger partial charge on any atom is -0.481 e. The Labute approximate surface area is 100 Å². The summed E-state index contributed by atoms with van der Waals surface area (Å²) in [4.78, 5) is 21.9. The number of hydrogen-bond donors (Lipinski definition) is 2. The highest BCUT2D eigenvalue weighted by Crippen LogP contribution is 2.20. The molecule has 0 spiro atoms. The van der Waals surface area contributed by atoms with Crippen molar-refractivity contribution < 1.29 is 14.7 Å². The van der Waals surface area contributed by atoms with Gasteiger partial charge in [-0.25, -0.2) is 0 Å². The molecule has 0 saturated heterocycles. The fourth-order valence-corrected chi connectivity index (χ4v) is 1.85. The summed E-state index contributed by atoms with van der Waals surface area (Å²) in [6.45, 7) is 5.40. The van der Waals surface area contributed by atoms with E-state index in [2.05, 4.69) is 0 Å². The molecule has 0 fully saturated rings. The van der Waals surface area contributed by atoms with Crippen molar-refractivity contribution in [2.75, 3.05) is 0 Å². The number of benzene rings is 1. The van der Waals surface area contributed by atoms with Crippen LogP contribution >= 0.6 is 0 Å².